The molecular weight excluding hydrogens is 384 g/mol. The number of carbonyl (C=O) groups excluding carboxylic acids is 1. The number of nitrogens with two attached hydrogens (primary N) is 1. The molecule has 0 saturated carbocycles. The zero-order valence-corrected chi connectivity index (χ0v) is 15.9. The second-order valence-corrected chi connectivity index (χ2v) is 7.95. The van der Waals surface area contributed by atoms with Crippen molar-refractivity contribution in [2.24, 2.45) is 11.1 Å². The quantitative estimate of drug-likeness (QED) is 0.810. The molecule has 0 unspecified atom stereocenters. The molecule has 25 heavy (non-hydrogen) atoms. The largest absolute Gasteiger partial charge is 0.496 e. The van der Waals surface area contributed by atoms with Gasteiger partial charge in [0.25, 0.3) is 0 Å². The highest BCUT2D eigenvalue weighted by Crippen LogP contribution is 2.48. The summed E-state index contributed by atoms with van der Waals surface area (Å²) in [4.78, 5) is 12.9. The molecule has 5 nitrogen and oxygen atoms in total. The van der Waals surface area contributed by atoms with Crippen LogP contribution in [0.2, 0.25) is 0 Å². The first kappa shape index (κ1) is 17.6. The minimum absolute atomic E-state index is 0.00319. The Balaban J connectivity index is 2.18. The molecule has 6 heteroatoms. The van der Waals surface area contributed by atoms with Crippen LogP contribution >= 0.6 is 15.9 Å². The van der Waals surface area contributed by atoms with E-state index in [2.05, 4.69) is 22.0 Å². The number of carbonyl (C=O) groups is 1. The van der Waals surface area contributed by atoms with E-state index in [1.54, 1.807) is 13.2 Å². The fourth-order valence-corrected chi connectivity index (χ4v) is 4.04. The molecule has 3 rings (SSSR count). The van der Waals surface area contributed by atoms with Gasteiger partial charge in [-0.25, -0.2) is 0 Å². The number of allylic oxidation sites excluding steroid dienone is 3. The van der Waals surface area contributed by atoms with Crippen molar-refractivity contribution in [3.63, 3.8) is 0 Å². The van der Waals surface area contributed by atoms with Gasteiger partial charge in [0.15, 0.2) is 5.78 Å². The van der Waals surface area contributed by atoms with Crippen LogP contribution < -0.4 is 10.5 Å². The summed E-state index contributed by atoms with van der Waals surface area (Å²) in [5, 5.41) is 9.60. The molecule has 1 aliphatic carbocycles. The van der Waals surface area contributed by atoms with Gasteiger partial charge in [0.1, 0.15) is 23.2 Å². The number of methoxy groups -OCH3 is 1. The van der Waals surface area contributed by atoms with E-state index in [1.807, 2.05) is 26.0 Å². The van der Waals surface area contributed by atoms with Gasteiger partial charge in [0.2, 0.25) is 5.88 Å². The summed E-state index contributed by atoms with van der Waals surface area (Å²) in [6, 6.07) is 7.63. The lowest BCUT2D eigenvalue weighted by Gasteiger charge is -2.37. The number of hydrogen-bond donors (Lipinski definition) is 1. The van der Waals surface area contributed by atoms with E-state index in [9.17, 15) is 10.1 Å². The Hall–Kier alpha value is -2.26. The fourth-order valence-electron chi connectivity index (χ4n) is 3.48. The van der Waals surface area contributed by atoms with Gasteiger partial charge >= 0.3 is 0 Å². The van der Waals surface area contributed by atoms with Crippen molar-refractivity contribution in [1.82, 2.24) is 0 Å². The second-order valence-electron chi connectivity index (χ2n) is 7.10. The molecule has 0 aromatic heterocycles. The van der Waals surface area contributed by atoms with Gasteiger partial charge in [-0.15, -0.1) is 0 Å². The zero-order valence-electron chi connectivity index (χ0n) is 14.4. The molecule has 0 fully saturated rings. The van der Waals surface area contributed by atoms with E-state index in [-0.39, 0.29) is 22.7 Å². The Kier molecular flexibility index (Phi) is 4.38. The lowest BCUT2D eigenvalue weighted by Crippen LogP contribution is -2.33. The van der Waals surface area contributed by atoms with Gasteiger partial charge in [-0.1, -0.05) is 19.9 Å². The standard InChI is InChI=1S/C19H19BrN2O3/c1-19(2)7-13(23)17-15(8-19)25-18(22)11(9-21)16(17)10-4-5-14(24-3)12(20)6-10/h4-6,16H,7-8,22H2,1-3H3/t16-/m1/s1. The fraction of sp³-hybridized carbons (Fsp3) is 0.368. The van der Waals surface area contributed by atoms with Crippen LogP contribution in [0.4, 0.5) is 0 Å². The van der Waals surface area contributed by atoms with Gasteiger partial charge in [-0.3, -0.25) is 4.79 Å². The number of ether oxygens (including phenoxy) is 2. The molecule has 0 radical (unpaired) electrons. The molecule has 1 aromatic carbocycles. The van der Waals surface area contributed by atoms with Crippen LogP contribution in [0.15, 0.2) is 45.5 Å². The van der Waals surface area contributed by atoms with E-state index < -0.39 is 5.92 Å². The van der Waals surface area contributed by atoms with Crippen LogP contribution in [0.1, 0.15) is 38.2 Å². The number of Topliss-reactive ketones (excluding diaryl/α,β-unsaturated/α-hetero) is 1. The third-order valence-corrected chi connectivity index (χ3v) is 5.20. The van der Waals surface area contributed by atoms with Crippen molar-refractivity contribution in [3.8, 4) is 11.8 Å². The maximum Gasteiger partial charge on any atom is 0.205 e. The van der Waals surface area contributed by atoms with Gasteiger partial charge < -0.3 is 15.2 Å². The van der Waals surface area contributed by atoms with Crippen molar-refractivity contribution in [3.05, 3.63) is 51.0 Å². The Morgan fingerprint density at radius 3 is 2.72 bits per heavy atom. The monoisotopic (exact) mass is 402 g/mol. The molecule has 0 amide bonds. The van der Waals surface area contributed by atoms with E-state index in [1.165, 1.54) is 0 Å². The van der Waals surface area contributed by atoms with E-state index in [4.69, 9.17) is 15.2 Å². The van der Waals surface area contributed by atoms with Crippen molar-refractivity contribution in [2.45, 2.75) is 32.6 Å². The maximum atomic E-state index is 12.9. The van der Waals surface area contributed by atoms with Gasteiger partial charge in [-0.2, -0.15) is 5.26 Å². The average molecular weight is 403 g/mol. The summed E-state index contributed by atoms with van der Waals surface area (Å²) in [6.45, 7) is 4.05. The summed E-state index contributed by atoms with van der Waals surface area (Å²) in [5.41, 5.74) is 7.43. The molecule has 1 atom stereocenters. The Labute approximate surface area is 155 Å². The number of nitriles is 1. The number of hydrogen-bond acceptors (Lipinski definition) is 5. The maximum absolute atomic E-state index is 12.9. The summed E-state index contributed by atoms with van der Waals surface area (Å²) in [5.74, 6) is 0.818. The summed E-state index contributed by atoms with van der Waals surface area (Å²) in [7, 11) is 1.58. The van der Waals surface area contributed by atoms with E-state index in [0.717, 1.165) is 10.0 Å². The smallest absolute Gasteiger partial charge is 0.205 e. The number of rotatable bonds is 2. The van der Waals surface area contributed by atoms with Crippen molar-refractivity contribution >= 4 is 21.7 Å². The number of benzene rings is 1. The molecule has 0 spiro atoms. The van der Waals surface area contributed by atoms with E-state index >= 15 is 0 Å². The van der Waals surface area contributed by atoms with Gasteiger partial charge in [-0.05, 0) is 39.0 Å². The number of ketones is 1. The van der Waals surface area contributed by atoms with Crippen LogP contribution in [0.25, 0.3) is 0 Å². The van der Waals surface area contributed by atoms with Crippen LogP contribution in [0, 0.1) is 16.7 Å². The first-order chi connectivity index (χ1) is 11.8. The van der Waals surface area contributed by atoms with E-state index in [0.29, 0.717) is 29.9 Å². The predicted octanol–water partition coefficient (Wildman–Crippen LogP) is 3.91. The van der Waals surface area contributed by atoms with Crippen LogP contribution in [-0.4, -0.2) is 12.9 Å². The molecule has 0 saturated heterocycles. The van der Waals surface area contributed by atoms with Gasteiger partial charge in [0.05, 0.1) is 17.5 Å². The topological polar surface area (TPSA) is 85.3 Å². The highest BCUT2D eigenvalue weighted by Gasteiger charge is 2.43. The molecule has 130 valence electrons. The van der Waals surface area contributed by atoms with Gasteiger partial charge in [0, 0.05) is 18.4 Å². The lowest BCUT2D eigenvalue weighted by molar-refractivity contribution is -0.119. The van der Waals surface area contributed by atoms with Crippen LogP contribution in [0.3, 0.4) is 0 Å². The highest BCUT2D eigenvalue weighted by molar-refractivity contribution is 9.10. The summed E-state index contributed by atoms with van der Waals surface area (Å²) >= 11 is 3.46. The second kappa shape index (κ2) is 6.23. The highest BCUT2D eigenvalue weighted by atomic mass is 79.9. The average Bonchev–Trinajstić information content (AvgIpc) is 2.52. The molecule has 2 aliphatic rings. The first-order valence-corrected chi connectivity index (χ1v) is 8.74. The normalized spacial score (nSPS) is 22.2. The molecule has 1 heterocycles. The summed E-state index contributed by atoms with van der Waals surface area (Å²) in [6.07, 6.45) is 1.03. The number of halogens is 1. The SMILES string of the molecule is COc1ccc([C@@H]2C(C#N)=C(N)OC3=C2C(=O)CC(C)(C)C3)cc1Br. The summed E-state index contributed by atoms with van der Waals surface area (Å²) < 4.78 is 11.7. The predicted molar refractivity (Wildman–Crippen MR) is 96.4 cm³/mol. The minimum Gasteiger partial charge on any atom is -0.496 e. The number of nitrogens with zero attached hydrogens (tertiary/aromatic N) is 1. The lowest BCUT2D eigenvalue weighted by atomic mass is 9.70. The minimum atomic E-state index is -0.514. The van der Waals surface area contributed by atoms with Crippen LogP contribution in [0.5, 0.6) is 5.75 Å². The van der Waals surface area contributed by atoms with Crippen molar-refractivity contribution < 1.29 is 14.3 Å². The first-order valence-electron chi connectivity index (χ1n) is 7.94. The molecular formula is C19H19BrN2O3. The third kappa shape index (κ3) is 3.05. The molecule has 1 aromatic rings. The molecule has 2 N–H and O–H groups in total. The van der Waals surface area contributed by atoms with Crippen molar-refractivity contribution in [2.75, 3.05) is 7.11 Å². The van der Waals surface area contributed by atoms with Crippen molar-refractivity contribution in [1.29, 1.82) is 5.26 Å². The van der Waals surface area contributed by atoms with Crippen LogP contribution in [-0.2, 0) is 9.53 Å². The molecule has 1 aliphatic heterocycles. The Morgan fingerprint density at radius 2 is 2.12 bits per heavy atom. The molecule has 0 bridgehead atoms. The Bertz CT molecular complexity index is 862. The third-order valence-electron chi connectivity index (χ3n) is 4.58. The zero-order chi connectivity index (χ0) is 18.4. The Morgan fingerprint density at radius 1 is 1.40 bits per heavy atom.